The third-order valence-corrected chi connectivity index (χ3v) is 11.1. The van der Waals surface area contributed by atoms with Gasteiger partial charge >= 0.3 is 0 Å². The van der Waals surface area contributed by atoms with Crippen LogP contribution >= 0.6 is 16.1 Å². The first-order valence-electron chi connectivity index (χ1n) is 10.3. The van der Waals surface area contributed by atoms with Gasteiger partial charge in [0.2, 0.25) is 0 Å². The summed E-state index contributed by atoms with van der Waals surface area (Å²) in [6.45, 7) is 9.37. The van der Waals surface area contributed by atoms with Crippen LogP contribution in [0.15, 0.2) is 78.1 Å². The normalized spacial score (nSPS) is 23.5. The average molecular weight is 412 g/mol. The molecule has 2 aliphatic rings. The highest BCUT2D eigenvalue weighted by Crippen LogP contribution is 2.80. The van der Waals surface area contributed by atoms with E-state index in [2.05, 4.69) is 100 Å². The van der Waals surface area contributed by atoms with Crippen molar-refractivity contribution in [3.63, 3.8) is 0 Å². The highest BCUT2D eigenvalue weighted by Gasteiger charge is 2.52. The van der Waals surface area contributed by atoms with E-state index in [1.54, 1.807) is 21.8 Å². The minimum atomic E-state index is -0.338. The van der Waals surface area contributed by atoms with Gasteiger partial charge in [0, 0.05) is 10.7 Å². The Kier molecular flexibility index (Phi) is 4.62. The molecule has 0 saturated heterocycles. The molecule has 0 N–H and O–H groups in total. The molecule has 0 spiro atoms. The Morgan fingerprint density at radius 3 is 2.03 bits per heavy atom. The molecule has 2 aliphatic heterocycles. The molecule has 2 unspecified atom stereocenters. The maximum absolute atomic E-state index is 2.49. The van der Waals surface area contributed by atoms with Gasteiger partial charge in [-0.1, -0.05) is 81.4 Å². The summed E-state index contributed by atoms with van der Waals surface area (Å²) < 4.78 is 0. The second-order valence-corrected chi connectivity index (χ2v) is 11.6. The minimum Gasteiger partial charge on any atom is -0.0675 e. The monoisotopic (exact) mass is 412 g/mol. The van der Waals surface area contributed by atoms with E-state index < -0.39 is 0 Å². The van der Waals surface area contributed by atoms with Gasteiger partial charge in [-0.15, -0.1) is 0 Å². The number of hydrogen-bond donors (Lipinski definition) is 0. The molecule has 29 heavy (non-hydrogen) atoms. The molecule has 0 nitrogen and oxygen atoms in total. The van der Waals surface area contributed by atoms with Gasteiger partial charge in [0.1, 0.15) is 0 Å². The maximum atomic E-state index is 2.49. The molecule has 5 rings (SSSR count). The molecule has 0 aliphatic carbocycles. The minimum absolute atomic E-state index is 0.133. The summed E-state index contributed by atoms with van der Waals surface area (Å²) in [7, 11) is 1.02. The molecule has 0 radical (unpaired) electrons. The van der Waals surface area contributed by atoms with Crippen molar-refractivity contribution in [2.75, 3.05) is 6.16 Å². The van der Waals surface area contributed by atoms with E-state index in [1.807, 2.05) is 0 Å². The standard InChI is InChI=1S/C27H26P2/c1-18-15-23(28-16-19(18)2)25-20(3)27(4)17-29(25)26(22-13-9-6-10-14-22)24(27)21-11-7-5-8-12-21/h5-16H,17H2,1-4H3. The number of allylic oxidation sites excluding steroid dienone is 2. The third kappa shape index (κ3) is 2.89. The van der Waals surface area contributed by atoms with Gasteiger partial charge < -0.3 is 0 Å². The first kappa shape index (κ1) is 19.0. The second-order valence-electron chi connectivity index (χ2n) is 8.50. The first-order valence-corrected chi connectivity index (χ1v) is 12.8. The van der Waals surface area contributed by atoms with Gasteiger partial charge in [-0.3, -0.25) is 0 Å². The molecule has 3 aromatic rings. The van der Waals surface area contributed by atoms with Crippen molar-refractivity contribution < 1.29 is 0 Å². The van der Waals surface area contributed by atoms with Crippen molar-refractivity contribution in [1.29, 1.82) is 0 Å². The number of fused-ring (bicyclic) bond motifs is 2. The van der Waals surface area contributed by atoms with Crippen molar-refractivity contribution in [1.82, 2.24) is 0 Å². The summed E-state index contributed by atoms with van der Waals surface area (Å²) in [5, 5.41) is 4.79. The van der Waals surface area contributed by atoms with Crippen molar-refractivity contribution in [2.24, 2.45) is 5.41 Å². The fourth-order valence-corrected chi connectivity index (χ4v) is 10.2. The molecule has 2 atom stereocenters. The molecule has 3 heterocycles. The number of hydrogen-bond acceptors (Lipinski definition) is 0. The highest BCUT2D eigenvalue weighted by molar-refractivity contribution is 7.80. The molecule has 2 heteroatoms. The van der Waals surface area contributed by atoms with Crippen LogP contribution < -0.4 is 0 Å². The van der Waals surface area contributed by atoms with E-state index in [0.717, 1.165) is 0 Å². The molecule has 0 fully saturated rings. The number of benzene rings is 2. The third-order valence-electron chi connectivity index (χ3n) is 6.71. The van der Waals surface area contributed by atoms with E-state index in [9.17, 15) is 0 Å². The smallest absolute Gasteiger partial charge is 0.0198 e. The van der Waals surface area contributed by atoms with Crippen LogP contribution in [-0.4, -0.2) is 6.16 Å². The van der Waals surface area contributed by atoms with Crippen molar-refractivity contribution in [2.45, 2.75) is 27.7 Å². The average Bonchev–Trinajstić information content (AvgIpc) is 3.19. The SMILES string of the molecule is CC1=C(c2cc(C)c(C)cp2)P2CC1(C)C(c1ccccc1)=C2c1ccccc1. The zero-order chi connectivity index (χ0) is 20.2. The molecular formula is C27H26P2. The van der Waals surface area contributed by atoms with E-state index in [-0.39, 0.29) is 13.3 Å². The van der Waals surface area contributed by atoms with Gasteiger partial charge in [-0.25, -0.2) is 0 Å². The summed E-state index contributed by atoms with van der Waals surface area (Å²) in [5.41, 5.74) is 8.93. The molecule has 1 aromatic heterocycles. The molecule has 0 amide bonds. The van der Waals surface area contributed by atoms with Gasteiger partial charge in [-0.2, -0.15) is 0 Å². The van der Waals surface area contributed by atoms with Crippen LogP contribution in [0.4, 0.5) is 0 Å². The van der Waals surface area contributed by atoms with E-state index in [1.165, 1.54) is 41.9 Å². The Morgan fingerprint density at radius 1 is 0.793 bits per heavy atom. The lowest BCUT2D eigenvalue weighted by atomic mass is 9.74. The molecule has 144 valence electrons. The lowest BCUT2D eigenvalue weighted by Gasteiger charge is -2.31. The highest BCUT2D eigenvalue weighted by atomic mass is 31.1. The topological polar surface area (TPSA) is 0 Å². The second kappa shape index (κ2) is 7.05. The Labute approximate surface area is 177 Å². The van der Waals surface area contributed by atoms with Crippen molar-refractivity contribution >= 4 is 32.3 Å². The van der Waals surface area contributed by atoms with Crippen molar-refractivity contribution in [3.05, 3.63) is 106 Å². The van der Waals surface area contributed by atoms with Gasteiger partial charge in [0.15, 0.2) is 0 Å². The predicted molar refractivity (Wildman–Crippen MR) is 131 cm³/mol. The van der Waals surface area contributed by atoms with Crippen LogP contribution in [-0.2, 0) is 0 Å². The quantitative estimate of drug-likeness (QED) is 0.377. The van der Waals surface area contributed by atoms with Crippen LogP contribution in [0.3, 0.4) is 0 Å². The first-order chi connectivity index (χ1) is 14.0. The summed E-state index contributed by atoms with van der Waals surface area (Å²) in [6, 6.07) is 24.7. The Hall–Kier alpha value is -2.00. The fourth-order valence-electron chi connectivity index (χ4n) is 4.87. The Morgan fingerprint density at radius 2 is 1.41 bits per heavy atom. The van der Waals surface area contributed by atoms with Crippen LogP contribution in [0.2, 0.25) is 0 Å². The van der Waals surface area contributed by atoms with Crippen molar-refractivity contribution in [3.8, 4) is 0 Å². The van der Waals surface area contributed by atoms with Gasteiger partial charge in [0.25, 0.3) is 0 Å². The summed E-state index contributed by atoms with van der Waals surface area (Å²) in [4.78, 5) is 0. The predicted octanol–water partition coefficient (Wildman–Crippen LogP) is 8.70. The largest absolute Gasteiger partial charge is 0.0675 e. The zero-order valence-electron chi connectivity index (χ0n) is 17.5. The van der Waals surface area contributed by atoms with Crippen LogP contribution in [0.5, 0.6) is 0 Å². The van der Waals surface area contributed by atoms with Gasteiger partial charge in [0.05, 0.1) is 0 Å². The fraction of sp³-hybridized carbons (Fsp3) is 0.222. The number of aryl methyl sites for hydroxylation is 2. The summed E-state index contributed by atoms with van der Waals surface area (Å²) in [5.74, 6) is 2.39. The molecule has 2 bridgehead atoms. The maximum Gasteiger partial charge on any atom is 0.0198 e. The number of rotatable bonds is 3. The van der Waals surface area contributed by atoms with Crippen LogP contribution in [0.1, 0.15) is 41.4 Å². The van der Waals surface area contributed by atoms with E-state index in [0.29, 0.717) is 0 Å². The zero-order valence-corrected chi connectivity index (χ0v) is 19.3. The molecule has 0 saturated carbocycles. The molecule has 2 aromatic carbocycles. The summed E-state index contributed by atoms with van der Waals surface area (Å²) in [6.07, 6.45) is 1.26. The lowest BCUT2D eigenvalue weighted by Crippen LogP contribution is -2.18. The van der Waals surface area contributed by atoms with Gasteiger partial charge in [-0.05, 0) is 85.2 Å². The van der Waals surface area contributed by atoms with E-state index in [4.69, 9.17) is 0 Å². The Bertz CT molecular complexity index is 1160. The lowest BCUT2D eigenvalue weighted by molar-refractivity contribution is 0.632. The van der Waals surface area contributed by atoms with E-state index >= 15 is 0 Å². The summed E-state index contributed by atoms with van der Waals surface area (Å²) >= 11 is 0. The molecular weight excluding hydrogens is 386 g/mol. The van der Waals surface area contributed by atoms with Crippen LogP contribution in [0.25, 0.3) is 16.2 Å². The van der Waals surface area contributed by atoms with Crippen LogP contribution in [0, 0.1) is 19.3 Å². The Balaban J connectivity index is 1.75.